The average Bonchev–Trinajstić information content (AvgIpc) is 2.77. The van der Waals surface area contributed by atoms with Crippen molar-refractivity contribution in [3.05, 3.63) is 29.3 Å². The molecule has 0 amide bonds. The molecular weight excluding hydrogens is 432 g/mol. The van der Waals surface area contributed by atoms with Crippen LogP contribution in [0.25, 0.3) is 0 Å². The summed E-state index contributed by atoms with van der Waals surface area (Å²) in [6.45, 7) is 7.71. The van der Waals surface area contributed by atoms with E-state index in [0.29, 0.717) is 0 Å². The van der Waals surface area contributed by atoms with Gasteiger partial charge in [-0.05, 0) is 56.7 Å². The zero-order valence-electron chi connectivity index (χ0n) is 21.8. The summed E-state index contributed by atoms with van der Waals surface area (Å²) in [6, 6.07) is 6.18. The SMILES string of the molecule is CCCCCCCCCc1cccc(OC(C)C(C)S(=O)(=O)O)c1CCCCCCCCC. The van der Waals surface area contributed by atoms with Gasteiger partial charge in [-0.3, -0.25) is 4.55 Å². The summed E-state index contributed by atoms with van der Waals surface area (Å²) >= 11 is 0. The van der Waals surface area contributed by atoms with Crippen LogP contribution in [0.3, 0.4) is 0 Å². The Bertz CT molecular complexity index is 729. The third kappa shape index (κ3) is 12.8. The number of benzene rings is 1. The Morgan fingerprint density at radius 3 is 1.76 bits per heavy atom. The first-order valence-electron chi connectivity index (χ1n) is 13.5. The van der Waals surface area contributed by atoms with Crippen molar-refractivity contribution in [2.75, 3.05) is 0 Å². The summed E-state index contributed by atoms with van der Waals surface area (Å²) in [5, 5.41) is -0.962. The molecule has 0 bridgehead atoms. The molecule has 0 aliphatic heterocycles. The molecule has 0 radical (unpaired) electrons. The lowest BCUT2D eigenvalue weighted by atomic mass is 9.95. The summed E-state index contributed by atoms with van der Waals surface area (Å²) in [6.07, 6.45) is 19.2. The minimum Gasteiger partial charge on any atom is -0.489 e. The van der Waals surface area contributed by atoms with E-state index in [1.807, 2.05) is 12.1 Å². The molecule has 0 saturated carbocycles. The lowest BCUT2D eigenvalue weighted by molar-refractivity contribution is 0.212. The third-order valence-corrected chi connectivity index (χ3v) is 8.08. The van der Waals surface area contributed by atoms with Gasteiger partial charge in [0.1, 0.15) is 17.1 Å². The van der Waals surface area contributed by atoms with Crippen molar-refractivity contribution in [1.82, 2.24) is 0 Å². The topological polar surface area (TPSA) is 63.6 Å². The van der Waals surface area contributed by atoms with E-state index >= 15 is 0 Å². The summed E-state index contributed by atoms with van der Waals surface area (Å²) in [7, 11) is -4.13. The molecule has 0 spiro atoms. The van der Waals surface area contributed by atoms with Gasteiger partial charge >= 0.3 is 0 Å². The zero-order valence-corrected chi connectivity index (χ0v) is 22.6. The maximum absolute atomic E-state index is 11.6. The number of ether oxygens (including phenoxy) is 1. The first-order chi connectivity index (χ1) is 15.8. The Hall–Kier alpha value is -1.07. The lowest BCUT2D eigenvalue weighted by Gasteiger charge is -2.23. The minimum absolute atomic E-state index is 0.610. The zero-order chi connectivity index (χ0) is 24.5. The number of rotatable bonds is 20. The Labute approximate surface area is 204 Å². The fourth-order valence-electron chi connectivity index (χ4n) is 4.31. The van der Waals surface area contributed by atoms with Gasteiger partial charge in [-0.25, -0.2) is 0 Å². The van der Waals surface area contributed by atoms with Crippen LogP contribution < -0.4 is 4.74 Å². The molecule has 33 heavy (non-hydrogen) atoms. The van der Waals surface area contributed by atoms with E-state index < -0.39 is 21.5 Å². The molecule has 0 aliphatic rings. The van der Waals surface area contributed by atoms with Crippen molar-refractivity contribution in [1.29, 1.82) is 0 Å². The van der Waals surface area contributed by atoms with E-state index in [9.17, 15) is 13.0 Å². The highest BCUT2D eigenvalue weighted by atomic mass is 32.2. The van der Waals surface area contributed by atoms with E-state index in [2.05, 4.69) is 19.9 Å². The maximum atomic E-state index is 11.6. The Morgan fingerprint density at radius 2 is 1.24 bits per heavy atom. The predicted molar refractivity (Wildman–Crippen MR) is 141 cm³/mol. The van der Waals surface area contributed by atoms with Gasteiger partial charge in [0, 0.05) is 0 Å². The van der Waals surface area contributed by atoms with Crippen LogP contribution in [-0.2, 0) is 23.0 Å². The Kier molecular flexibility index (Phi) is 15.8. The molecule has 0 aromatic heterocycles. The van der Waals surface area contributed by atoms with Crippen LogP contribution in [0.15, 0.2) is 18.2 Å². The van der Waals surface area contributed by atoms with Crippen LogP contribution in [0.1, 0.15) is 129 Å². The normalized spacial score (nSPS) is 13.7. The van der Waals surface area contributed by atoms with Crippen molar-refractivity contribution < 1.29 is 17.7 Å². The van der Waals surface area contributed by atoms with Gasteiger partial charge in [-0.2, -0.15) is 8.42 Å². The first-order valence-corrected chi connectivity index (χ1v) is 15.0. The van der Waals surface area contributed by atoms with Gasteiger partial charge in [0.25, 0.3) is 10.1 Å². The molecule has 1 aromatic carbocycles. The van der Waals surface area contributed by atoms with E-state index in [-0.39, 0.29) is 0 Å². The number of aryl methyl sites for hydroxylation is 1. The van der Waals surface area contributed by atoms with Crippen molar-refractivity contribution in [2.45, 2.75) is 142 Å². The van der Waals surface area contributed by atoms with Crippen molar-refractivity contribution in [2.24, 2.45) is 0 Å². The molecule has 2 atom stereocenters. The fraction of sp³-hybridized carbons (Fsp3) is 0.786. The van der Waals surface area contributed by atoms with Crippen LogP contribution in [0.5, 0.6) is 5.75 Å². The standard InChI is InChI=1S/C28H50O4S/c1-5-7-9-11-13-15-17-20-26-21-19-23-28(32-24(3)25(4)33(29,30)31)27(26)22-18-16-14-12-10-8-6-2/h19,21,23-25H,5-18,20,22H2,1-4H3,(H,29,30,31). The van der Waals surface area contributed by atoms with E-state index in [4.69, 9.17) is 4.74 Å². The van der Waals surface area contributed by atoms with Crippen LogP contribution >= 0.6 is 0 Å². The molecule has 1 N–H and O–H groups in total. The second-order valence-electron chi connectivity index (χ2n) is 9.68. The number of hydrogen-bond acceptors (Lipinski definition) is 3. The molecule has 1 rings (SSSR count). The Morgan fingerprint density at radius 1 is 0.758 bits per heavy atom. The molecule has 1 aromatic rings. The molecule has 0 saturated heterocycles. The van der Waals surface area contributed by atoms with Gasteiger partial charge < -0.3 is 4.74 Å². The van der Waals surface area contributed by atoms with Crippen LogP contribution in [0.4, 0.5) is 0 Å². The van der Waals surface area contributed by atoms with Gasteiger partial charge in [0.2, 0.25) is 0 Å². The first kappa shape index (κ1) is 30.0. The van der Waals surface area contributed by atoms with E-state index in [1.165, 1.54) is 102 Å². The second-order valence-corrected chi connectivity index (χ2v) is 11.5. The summed E-state index contributed by atoms with van der Waals surface area (Å²) in [4.78, 5) is 0. The second kappa shape index (κ2) is 17.4. The predicted octanol–water partition coefficient (Wildman–Crippen LogP) is 8.32. The van der Waals surface area contributed by atoms with E-state index in [0.717, 1.165) is 25.0 Å². The van der Waals surface area contributed by atoms with Crippen LogP contribution in [0, 0.1) is 0 Å². The van der Waals surface area contributed by atoms with Gasteiger partial charge in [0.05, 0.1) is 0 Å². The molecule has 4 nitrogen and oxygen atoms in total. The van der Waals surface area contributed by atoms with Crippen molar-refractivity contribution in [3.63, 3.8) is 0 Å². The molecule has 0 aliphatic carbocycles. The minimum atomic E-state index is -4.13. The molecule has 192 valence electrons. The number of hydrogen-bond donors (Lipinski definition) is 1. The van der Waals surface area contributed by atoms with Gasteiger partial charge in [-0.1, -0.05) is 103 Å². The lowest BCUT2D eigenvalue weighted by Crippen LogP contribution is -2.33. The van der Waals surface area contributed by atoms with Gasteiger partial charge in [0.15, 0.2) is 0 Å². The quantitative estimate of drug-likeness (QED) is 0.150. The summed E-state index contributed by atoms with van der Waals surface area (Å²) < 4.78 is 38.7. The highest BCUT2D eigenvalue weighted by Crippen LogP contribution is 2.28. The highest BCUT2D eigenvalue weighted by molar-refractivity contribution is 7.86. The Balaban J connectivity index is 2.77. The van der Waals surface area contributed by atoms with Gasteiger partial charge in [-0.15, -0.1) is 0 Å². The molecule has 0 fully saturated rings. The third-order valence-electron chi connectivity index (χ3n) is 6.75. The average molecular weight is 483 g/mol. The summed E-state index contributed by atoms with van der Waals surface area (Å²) in [5.74, 6) is 0.782. The monoisotopic (exact) mass is 482 g/mol. The highest BCUT2D eigenvalue weighted by Gasteiger charge is 2.26. The molecule has 5 heteroatoms. The van der Waals surface area contributed by atoms with E-state index in [1.54, 1.807) is 6.92 Å². The largest absolute Gasteiger partial charge is 0.489 e. The fourth-order valence-corrected chi connectivity index (χ4v) is 4.85. The van der Waals surface area contributed by atoms with Crippen LogP contribution in [0.2, 0.25) is 0 Å². The molecule has 2 unspecified atom stereocenters. The van der Waals surface area contributed by atoms with Crippen molar-refractivity contribution in [3.8, 4) is 5.75 Å². The number of unbranched alkanes of at least 4 members (excludes halogenated alkanes) is 12. The van der Waals surface area contributed by atoms with Crippen LogP contribution in [-0.4, -0.2) is 24.3 Å². The maximum Gasteiger partial charge on any atom is 0.271 e. The molecule has 0 heterocycles. The van der Waals surface area contributed by atoms with Crippen molar-refractivity contribution >= 4 is 10.1 Å². The molecular formula is C28H50O4S. The smallest absolute Gasteiger partial charge is 0.271 e. The summed E-state index contributed by atoms with van der Waals surface area (Å²) in [5.41, 5.74) is 2.56.